The van der Waals surface area contributed by atoms with Gasteiger partial charge in [-0.15, -0.1) is 5.10 Å². The van der Waals surface area contributed by atoms with Crippen molar-refractivity contribution in [3.63, 3.8) is 0 Å². The molecule has 6 heterocycles. The predicted octanol–water partition coefficient (Wildman–Crippen LogP) is 3.16. The number of fused-ring (bicyclic) bond motifs is 3. The lowest BCUT2D eigenvalue weighted by molar-refractivity contribution is 0.431. The summed E-state index contributed by atoms with van der Waals surface area (Å²) in [5, 5.41) is 9.26. The van der Waals surface area contributed by atoms with E-state index in [4.69, 9.17) is 4.42 Å². The van der Waals surface area contributed by atoms with Crippen LogP contribution in [0.3, 0.4) is 0 Å². The topological polar surface area (TPSA) is 97.3 Å². The fraction of sp³-hybridized carbons (Fsp3) is 0.421. The number of nitrogens with one attached hydrogen (secondary N) is 1. The second kappa shape index (κ2) is 6.51. The van der Waals surface area contributed by atoms with E-state index in [1.165, 1.54) is 24.4 Å². The lowest BCUT2D eigenvalue weighted by Gasteiger charge is -2.38. The molecule has 4 aromatic heterocycles. The van der Waals surface area contributed by atoms with Gasteiger partial charge in [0.05, 0.1) is 6.26 Å². The van der Waals surface area contributed by atoms with Crippen molar-refractivity contribution in [2.75, 3.05) is 10.2 Å². The van der Waals surface area contributed by atoms with Gasteiger partial charge in [-0.3, -0.25) is 0 Å². The van der Waals surface area contributed by atoms with E-state index in [1.54, 1.807) is 17.0 Å². The quantitative estimate of drug-likeness (QED) is 0.550. The summed E-state index contributed by atoms with van der Waals surface area (Å²) in [4.78, 5) is 16.0. The minimum absolute atomic E-state index is 0.335. The number of hydrogen-bond donors (Lipinski definition) is 1. The van der Waals surface area contributed by atoms with Crippen LogP contribution in [0.4, 0.5) is 11.1 Å². The van der Waals surface area contributed by atoms with Gasteiger partial charge >= 0.3 is 0 Å². The van der Waals surface area contributed by atoms with Gasteiger partial charge in [0, 0.05) is 35.9 Å². The van der Waals surface area contributed by atoms with Crippen LogP contribution in [0.1, 0.15) is 31.5 Å². The van der Waals surface area contributed by atoms with Crippen LogP contribution in [0.25, 0.3) is 17.2 Å². The van der Waals surface area contributed by atoms with Crippen LogP contribution in [0.2, 0.25) is 0 Å². The smallest absolute Gasteiger partial charge is 0.254 e. The summed E-state index contributed by atoms with van der Waals surface area (Å²) in [6, 6.07) is 6.97. The van der Waals surface area contributed by atoms with Gasteiger partial charge in [-0.05, 0) is 50.8 Å². The van der Waals surface area contributed by atoms with Crippen molar-refractivity contribution < 1.29 is 4.42 Å². The first kappa shape index (κ1) is 16.9. The van der Waals surface area contributed by atoms with Crippen molar-refractivity contribution in [2.24, 2.45) is 0 Å². The van der Waals surface area contributed by atoms with Gasteiger partial charge in [-0.1, -0.05) is 0 Å². The zero-order chi connectivity index (χ0) is 19.4. The van der Waals surface area contributed by atoms with E-state index in [0.717, 1.165) is 35.3 Å². The van der Waals surface area contributed by atoms with Crippen molar-refractivity contribution in [1.29, 1.82) is 0 Å². The predicted molar refractivity (Wildman–Crippen MR) is 109 cm³/mol. The third-order valence-electron chi connectivity index (χ3n) is 5.82. The number of rotatable bonds is 4. The number of furan rings is 1. The molecule has 2 bridgehead atoms. The van der Waals surface area contributed by atoms with Crippen LogP contribution >= 0.6 is 11.5 Å². The Balaban J connectivity index is 1.24. The van der Waals surface area contributed by atoms with E-state index < -0.39 is 0 Å². The summed E-state index contributed by atoms with van der Waals surface area (Å²) in [6.45, 7) is 1.95. The lowest BCUT2D eigenvalue weighted by Crippen LogP contribution is -2.47. The molecule has 0 radical (unpaired) electrons. The van der Waals surface area contributed by atoms with E-state index in [-0.39, 0.29) is 0 Å². The largest absolute Gasteiger partial charge is 0.463 e. The molecule has 0 spiro atoms. The van der Waals surface area contributed by atoms with E-state index in [1.807, 2.05) is 25.1 Å². The molecule has 2 unspecified atom stereocenters. The molecule has 148 valence electrons. The molecule has 2 aliphatic rings. The highest BCUT2D eigenvalue weighted by molar-refractivity contribution is 7.09. The Morgan fingerprint density at radius 3 is 2.76 bits per heavy atom. The van der Waals surface area contributed by atoms with Gasteiger partial charge in [0.25, 0.3) is 5.78 Å². The molecule has 4 aromatic rings. The first-order valence-corrected chi connectivity index (χ1v) is 10.6. The molecule has 29 heavy (non-hydrogen) atoms. The minimum atomic E-state index is 0.335. The molecule has 0 saturated carbocycles. The standard InChI is InChI=1S/C19H20N8OS/c1-11-21-19(29-25-11)26-13-4-5-14(26)10-12(9-13)22-17-23-18-20-7-6-15(27(18)24-17)16-3-2-8-28-16/h2-3,6-8,12-14H,4-5,9-10H2,1H3,(H,22,24). The monoisotopic (exact) mass is 408 g/mol. The molecule has 0 amide bonds. The van der Waals surface area contributed by atoms with E-state index in [0.29, 0.717) is 29.9 Å². The van der Waals surface area contributed by atoms with E-state index in [9.17, 15) is 0 Å². The summed E-state index contributed by atoms with van der Waals surface area (Å²) in [5.41, 5.74) is 0.835. The van der Waals surface area contributed by atoms with Crippen LogP contribution in [0, 0.1) is 6.92 Å². The molecule has 0 aliphatic carbocycles. The van der Waals surface area contributed by atoms with Crippen LogP contribution in [-0.2, 0) is 0 Å². The van der Waals surface area contributed by atoms with E-state index >= 15 is 0 Å². The van der Waals surface area contributed by atoms with Gasteiger partial charge in [-0.2, -0.15) is 13.9 Å². The van der Waals surface area contributed by atoms with Gasteiger partial charge in [-0.25, -0.2) is 9.97 Å². The molecule has 2 saturated heterocycles. The highest BCUT2D eigenvalue weighted by Crippen LogP contribution is 2.40. The summed E-state index contributed by atoms with van der Waals surface area (Å²) in [5.74, 6) is 2.78. The molecule has 9 nitrogen and oxygen atoms in total. The van der Waals surface area contributed by atoms with Crippen LogP contribution < -0.4 is 10.2 Å². The summed E-state index contributed by atoms with van der Waals surface area (Å²) < 4.78 is 11.6. The number of hydrogen-bond acceptors (Lipinski definition) is 9. The average molecular weight is 408 g/mol. The Morgan fingerprint density at radius 1 is 1.17 bits per heavy atom. The Labute approximate surface area is 171 Å². The number of aryl methyl sites for hydroxylation is 1. The molecule has 10 heteroatoms. The molecular weight excluding hydrogens is 388 g/mol. The van der Waals surface area contributed by atoms with Crippen LogP contribution in [0.5, 0.6) is 0 Å². The Bertz CT molecular complexity index is 1140. The number of nitrogens with zero attached hydrogens (tertiary/aromatic N) is 7. The lowest BCUT2D eigenvalue weighted by atomic mass is 9.98. The van der Waals surface area contributed by atoms with Gasteiger partial charge in [0.1, 0.15) is 11.5 Å². The highest BCUT2D eigenvalue weighted by Gasteiger charge is 2.42. The molecular formula is C19H20N8OS. The Morgan fingerprint density at radius 2 is 2.03 bits per heavy atom. The third kappa shape index (κ3) is 2.86. The second-order valence-corrected chi connectivity index (χ2v) is 8.41. The molecule has 2 atom stereocenters. The maximum Gasteiger partial charge on any atom is 0.254 e. The zero-order valence-corrected chi connectivity index (χ0v) is 16.7. The maximum atomic E-state index is 5.53. The normalized spacial score (nSPS) is 23.8. The molecule has 2 fully saturated rings. The molecule has 2 aliphatic heterocycles. The number of anilines is 2. The second-order valence-electron chi connectivity index (χ2n) is 7.68. The number of piperidine rings is 1. The van der Waals surface area contributed by atoms with Crippen molar-refractivity contribution >= 4 is 28.4 Å². The summed E-state index contributed by atoms with van der Waals surface area (Å²) in [7, 11) is 0. The maximum absolute atomic E-state index is 5.53. The average Bonchev–Trinajstić information content (AvgIpc) is 3.48. The highest BCUT2D eigenvalue weighted by atomic mass is 32.1. The number of aromatic nitrogens is 6. The zero-order valence-electron chi connectivity index (χ0n) is 15.9. The van der Waals surface area contributed by atoms with Gasteiger partial charge in [0.2, 0.25) is 11.1 Å². The first-order valence-electron chi connectivity index (χ1n) is 9.85. The summed E-state index contributed by atoms with van der Waals surface area (Å²) in [6.07, 6.45) is 7.87. The first-order chi connectivity index (χ1) is 14.2. The van der Waals surface area contributed by atoms with Crippen molar-refractivity contribution in [3.8, 4) is 11.5 Å². The van der Waals surface area contributed by atoms with Crippen molar-refractivity contribution in [2.45, 2.75) is 50.7 Å². The molecule has 6 rings (SSSR count). The van der Waals surface area contributed by atoms with Crippen LogP contribution in [-0.4, -0.2) is 47.1 Å². The molecule has 0 aromatic carbocycles. The van der Waals surface area contributed by atoms with Gasteiger partial charge < -0.3 is 14.6 Å². The summed E-state index contributed by atoms with van der Waals surface area (Å²) >= 11 is 1.51. The van der Waals surface area contributed by atoms with Gasteiger partial charge in [0.15, 0.2) is 5.76 Å². The Kier molecular flexibility index (Phi) is 3.80. The van der Waals surface area contributed by atoms with Crippen molar-refractivity contribution in [1.82, 2.24) is 28.9 Å². The fourth-order valence-corrected chi connectivity index (χ4v) is 5.47. The van der Waals surface area contributed by atoms with E-state index in [2.05, 4.69) is 34.6 Å². The fourth-order valence-electron chi connectivity index (χ4n) is 4.65. The Hall–Kier alpha value is -3.01. The van der Waals surface area contributed by atoms with Crippen molar-refractivity contribution in [3.05, 3.63) is 36.5 Å². The molecule has 1 N–H and O–H groups in total. The van der Waals surface area contributed by atoms with Crippen LogP contribution in [0.15, 0.2) is 35.1 Å². The SMILES string of the molecule is Cc1nsc(N2C3CCC2CC(Nc2nc4nccc(-c5ccco5)n4n2)C3)n1. The third-order valence-corrected chi connectivity index (χ3v) is 6.64. The minimum Gasteiger partial charge on any atom is -0.463 e.